The highest BCUT2D eigenvalue weighted by Gasteiger charge is 2.33. The van der Waals surface area contributed by atoms with Crippen LogP contribution < -0.4 is 0 Å². The van der Waals surface area contributed by atoms with Crippen molar-refractivity contribution in [2.24, 2.45) is 0 Å². The average Bonchev–Trinajstić information content (AvgIpc) is 2.18. The minimum absolute atomic E-state index is 0.365. The Hall–Kier alpha value is 0.660. The Balaban J connectivity index is 2.41. The van der Waals surface area contributed by atoms with Gasteiger partial charge in [-0.15, -0.1) is 0 Å². The second-order valence-corrected chi connectivity index (χ2v) is 6.28. The molecule has 1 nitrogen and oxygen atoms in total. The van der Waals surface area contributed by atoms with Crippen LogP contribution >= 0.6 is 21.6 Å². The van der Waals surface area contributed by atoms with Crippen LogP contribution in [0.15, 0.2) is 0 Å². The zero-order valence-electron chi connectivity index (χ0n) is 7.53. The largest absolute Gasteiger partial charge is 0.373 e. The van der Waals surface area contributed by atoms with Gasteiger partial charge in [-0.1, -0.05) is 21.6 Å². The van der Waals surface area contributed by atoms with Gasteiger partial charge in [-0.05, 0) is 27.7 Å². The highest BCUT2D eigenvalue weighted by Crippen LogP contribution is 2.44. The van der Waals surface area contributed by atoms with Crippen LogP contribution in [0.4, 0.5) is 0 Å². The molecule has 66 valence electrons. The van der Waals surface area contributed by atoms with E-state index < -0.39 is 0 Å². The van der Waals surface area contributed by atoms with Gasteiger partial charge in [0.1, 0.15) is 0 Å². The van der Waals surface area contributed by atoms with E-state index in [0.717, 1.165) is 0 Å². The van der Waals surface area contributed by atoms with Crippen molar-refractivity contribution in [3.63, 3.8) is 0 Å². The summed E-state index contributed by atoms with van der Waals surface area (Å²) in [5, 5.41) is 1.30. The Morgan fingerprint density at radius 3 is 1.91 bits per heavy atom. The van der Waals surface area contributed by atoms with Gasteiger partial charge in [-0.2, -0.15) is 0 Å². The zero-order chi connectivity index (χ0) is 8.43. The molecule has 11 heavy (non-hydrogen) atoms. The van der Waals surface area contributed by atoms with E-state index in [1.165, 1.54) is 0 Å². The highest BCUT2D eigenvalue weighted by atomic mass is 33.1. The topological polar surface area (TPSA) is 9.23 Å². The number of rotatable bonds is 2. The van der Waals surface area contributed by atoms with E-state index in [2.05, 4.69) is 27.7 Å². The van der Waals surface area contributed by atoms with Gasteiger partial charge >= 0.3 is 0 Å². The third-order valence-corrected chi connectivity index (χ3v) is 5.12. The first-order valence-electron chi connectivity index (χ1n) is 4.09. The van der Waals surface area contributed by atoms with Gasteiger partial charge in [0.25, 0.3) is 0 Å². The van der Waals surface area contributed by atoms with Gasteiger partial charge in [0, 0.05) is 10.5 Å². The predicted molar refractivity (Wildman–Crippen MR) is 54.1 cm³/mol. The zero-order valence-corrected chi connectivity index (χ0v) is 9.17. The van der Waals surface area contributed by atoms with Crippen molar-refractivity contribution in [1.29, 1.82) is 0 Å². The Morgan fingerprint density at radius 2 is 1.55 bits per heavy atom. The molecule has 0 aromatic rings. The van der Waals surface area contributed by atoms with Crippen molar-refractivity contribution in [1.82, 2.24) is 0 Å². The molecule has 0 amide bonds. The molecule has 0 saturated carbocycles. The molecule has 0 spiro atoms. The Kier molecular flexibility index (Phi) is 3.59. The lowest BCUT2D eigenvalue weighted by Crippen LogP contribution is -2.30. The molecule has 0 bridgehead atoms. The van der Waals surface area contributed by atoms with Gasteiger partial charge in [0.15, 0.2) is 0 Å². The van der Waals surface area contributed by atoms with Crippen molar-refractivity contribution in [3.05, 3.63) is 0 Å². The van der Waals surface area contributed by atoms with Crippen LogP contribution in [0.5, 0.6) is 0 Å². The lowest BCUT2D eigenvalue weighted by atomic mass is 10.2. The second kappa shape index (κ2) is 4.06. The quantitative estimate of drug-likeness (QED) is 0.623. The van der Waals surface area contributed by atoms with Gasteiger partial charge in [0.05, 0.1) is 12.2 Å². The van der Waals surface area contributed by atoms with Crippen molar-refractivity contribution in [3.8, 4) is 0 Å². The standard InChI is InChI=1S/C8H16OS2/c1-5(2)9-8-6(3)10-11-7(8)4/h5-8H,1-4H3. The summed E-state index contributed by atoms with van der Waals surface area (Å²) in [6.07, 6.45) is 0.814. The van der Waals surface area contributed by atoms with E-state index in [0.29, 0.717) is 22.7 Å². The molecule has 1 aliphatic heterocycles. The van der Waals surface area contributed by atoms with Crippen molar-refractivity contribution in [2.75, 3.05) is 0 Å². The molecule has 3 heteroatoms. The fourth-order valence-corrected chi connectivity index (χ4v) is 4.18. The van der Waals surface area contributed by atoms with E-state index in [1.807, 2.05) is 21.6 Å². The van der Waals surface area contributed by atoms with Crippen LogP contribution in [0.1, 0.15) is 27.7 Å². The predicted octanol–water partition coefficient (Wildman–Crippen LogP) is 2.95. The third kappa shape index (κ3) is 2.56. The fraction of sp³-hybridized carbons (Fsp3) is 1.00. The summed E-state index contributed by atoms with van der Waals surface area (Å²) < 4.78 is 5.79. The molecular weight excluding hydrogens is 176 g/mol. The molecule has 0 N–H and O–H groups in total. The lowest BCUT2D eigenvalue weighted by Gasteiger charge is -2.21. The van der Waals surface area contributed by atoms with Gasteiger partial charge in [-0.25, -0.2) is 0 Å². The molecule has 1 fully saturated rings. The summed E-state index contributed by atoms with van der Waals surface area (Å²) in [5.41, 5.74) is 0. The number of hydrogen-bond acceptors (Lipinski definition) is 3. The molecule has 1 saturated heterocycles. The third-order valence-electron chi connectivity index (χ3n) is 1.71. The lowest BCUT2D eigenvalue weighted by molar-refractivity contribution is 0.0123. The van der Waals surface area contributed by atoms with Crippen LogP contribution in [0.3, 0.4) is 0 Å². The Bertz CT molecular complexity index is 117. The highest BCUT2D eigenvalue weighted by molar-refractivity contribution is 8.77. The molecule has 1 heterocycles. The fourth-order valence-electron chi connectivity index (χ4n) is 1.20. The van der Waals surface area contributed by atoms with Crippen LogP contribution in [0.2, 0.25) is 0 Å². The molecule has 2 atom stereocenters. The normalized spacial score (nSPS) is 38.5. The molecule has 2 unspecified atom stereocenters. The van der Waals surface area contributed by atoms with E-state index in [1.54, 1.807) is 0 Å². The molecule has 1 rings (SSSR count). The monoisotopic (exact) mass is 192 g/mol. The van der Waals surface area contributed by atoms with Gasteiger partial charge in [0.2, 0.25) is 0 Å². The Labute approximate surface area is 77.0 Å². The van der Waals surface area contributed by atoms with Crippen LogP contribution in [0.25, 0.3) is 0 Å². The van der Waals surface area contributed by atoms with Crippen molar-refractivity contribution in [2.45, 2.75) is 50.4 Å². The smallest absolute Gasteiger partial charge is 0.0826 e. The first kappa shape index (κ1) is 9.75. The summed E-state index contributed by atoms with van der Waals surface area (Å²) >= 11 is 0. The molecule has 1 aliphatic rings. The summed E-state index contributed by atoms with van der Waals surface area (Å²) in [4.78, 5) is 0. The minimum atomic E-state index is 0.365. The van der Waals surface area contributed by atoms with Crippen LogP contribution in [-0.2, 0) is 4.74 Å². The van der Waals surface area contributed by atoms with Crippen LogP contribution in [-0.4, -0.2) is 22.7 Å². The summed E-state index contributed by atoms with van der Waals surface area (Å²) in [7, 11) is 3.89. The molecule has 0 aromatic carbocycles. The summed E-state index contributed by atoms with van der Waals surface area (Å²) in [6.45, 7) is 8.70. The molecule has 0 radical (unpaired) electrons. The van der Waals surface area contributed by atoms with E-state index >= 15 is 0 Å². The Morgan fingerprint density at radius 1 is 1.09 bits per heavy atom. The second-order valence-electron chi connectivity index (χ2n) is 3.25. The van der Waals surface area contributed by atoms with Crippen LogP contribution in [0, 0.1) is 0 Å². The van der Waals surface area contributed by atoms with E-state index in [-0.39, 0.29) is 0 Å². The average molecular weight is 192 g/mol. The maximum atomic E-state index is 5.79. The SMILES string of the molecule is CC(C)OC1C(C)SSC1C. The minimum Gasteiger partial charge on any atom is -0.373 e. The molecular formula is C8H16OS2. The number of ether oxygens (including phenoxy) is 1. The first-order chi connectivity index (χ1) is 5.11. The van der Waals surface area contributed by atoms with Crippen molar-refractivity contribution < 1.29 is 4.74 Å². The van der Waals surface area contributed by atoms with Crippen molar-refractivity contribution >= 4 is 21.6 Å². The maximum absolute atomic E-state index is 5.79. The summed E-state index contributed by atoms with van der Waals surface area (Å²) in [5.74, 6) is 0. The maximum Gasteiger partial charge on any atom is 0.0826 e. The first-order valence-corrected chi connectivity index (χ1v) is 6.36. The van der Waals surface area contributed by atoms with E-state index in [9.17, 15) is 0 Å². The number of hydrogen-bond donors (Lipinski definition) is 0. The van der Waals surface area contributed by atoms with E-state index in [4.69, 9.17) is 4.74 Å². The summed E-state index contributed by atoms with van der Waals surface area (Å²) in [6, 6.07) is 0. The van der Waals surface area contributed by atoms with Gasteiger partial charge < -0.3 is 4.74 Å². The molecule has 0 aromatic heterocycles. The molecule has 0 aliphatic carbocycles. The van der Waals surface area contributed by atoms with Gasteiger partial charge in [-0.3, -0.25) is 0 Å².